The van der Waals surface area contributed by atoms with Crippen LogP contribution >= 0.6 is 0 Å². The minimum Gasteiger partial charge on any atom is -0.496 e. The van der Waals surface area contributed by atoms with Crippen molar-refractivity contribution >= 4 is 0 Å². The summed E-state index contributed by atoms with van der Waals surface area (Å²) in [4.78, 5) is 0. The van der Waals surface area contributed by atoms with E-state index < -0.39 is 5.79 Å². The molecule has 2 rings (SSSR count). The Balaban J connectivity index is 2.49. The molecule has 1 fully saturated rings. The second-order valence-electron chi connectivity index (χ2n) is 4.63. The molecule has 1 aliphatic rings. The fraction of sp³-hybridized carbons (Fsp3) is 0.571. The number of benzene rings is 1. The van der Waals surface area contributed by atoms with Crippen molar-refractivity contribution in [2.24, 2.45) is 5.73 Å². The summed E-state index contributed by atoms with van der Waals surface area (Å²) < 4.78 is 17.1. The van der Waals surface area contributed by atoms with E-state index in [0.29, 0.717) is 26.2 Å². The van der Waals surface area contributed by atoms with Crippen molar-refractivity contribution < 1.29 is 14.2 Å². The third-order valence-electron chi connectivity index (χ3n) is 3.45. The maximum atomic E-state index is 5.82. The molecule has 100 valence electrons. The summed E-state index contributed by atoms with van der Waals surface area (Å²) in [5.74, 6) is 0.0619. The summed E-state index contributed by atoms with van der Waals surface area (Å²) in [5.41, 5.74) is 9.02. The highest BCUT2D eigenvalue weighted by Crippen LogP contribution is 2.40. The van der Waals surface area contributed by atoms with Crippen LogP contribution in [-0.4, -0.2) is 26.9 Å². The van der Waals surface area contributed by atoms with E-state index >= 15 is 0 Å². The van der Waals surface area contributed by atoms with Gasteiger partial charge in [0.2, 0.25) is 0 Å². The highest BCUT2D eigenvalue weighted by molar-refractivity contribution is 5.44. The maximum Gasteiger partial charge on any atom is 0.199 e. The van der Waals surface area contributed by atoms with Crippen molar-refractivity contribution in [3.8, 4) is 5.75 Å². The minimum absolute atomic E-state index is 0.510. The molecule has 1 heterocycles. The molecule has 0 aliphatic carbocycles. The molecule has 1 aromatic carbocycles. The predicted molar refractivity (Wildman–Crippen MR) is 69.7 cm³/mol. The topological polar surface area (TPSA) is 53.7 Å². The molecule has 1 aromatic rings. The largest absolute Gasteiger partial charge is 0.496 e. The molecule has 0 amide bonds. The third-order valence-corrected chi connectivity index (χ3v) is 3.45. The van der Waals surface area contributed by atoms with Crippen LogP contribution in [-0.2, 0) is 15.3 Å². The number of rotatable bonds is 4. The van der Waals surface area contributed by atoms with E-state index in [-0.39, 0.29) is 0 Å². The molecular weight excluding hydrogens is 230 g/mol. The van der Waals surface area contributed by atoms with E-state index in [1.807, 2.05) is 6.07 Å². The van der Waals surface area contributed by atoms with Crippen LogP contribution in [0.2, 0.25) is 0 Å². The zero-order valence-corrected chi connectivity index (χ0v) is 11.3. The number of nitrogens with two attached hydrogens (primary N) is 1. The molecule has 18 heavy (non-hydrogen) atoms. The van der Waals surface area contributed by atoms with Gasteiger partial charge in [-0.25, -0.2) is 0 Å². The average Bonchev–Trinajstić information content (AvgIpc) is 2.82. The SMILES string of the molecule is COc1cc(C)c(C)cc1C1(CCN)OCCO1. The summed E-state index contributed by atoms with van der Waals surface area (Å²) in [7, 11) is 1.67. The highest BCUT2D eigenvalue weighted by atomic mass is 16.7. The molecule has 0 saturated carbocycles. The first-order valence-electron chi connectivity index (χ1n) is 6.26. The number of aryl methyl sites for hydroxylation is 2. The molecule has 0 unspecified atom stereocenters. The Labute approximate surface area is 108 Å². The van der Waals surface area contributed by atoms with E-state index in [0.717, 1.165) is 11.3 Å². The van der Waals surface area contributed by atoms with Crippen LogP contribution in [0.5, 0.6) is 5.75 Å². The van der Waals surface area contributed by atoms with Gasteiger partial charge < -0.3 is 19.9 Å². The predicted octanol–water partition coefficient (Wildman–Crippen LogP) is 1.86. The maximum absolute atomic E-state index is 5.82. The summed E-state index contributed by atoms with van der Waals surface area (Å²) in [6.45, 7) is 5.83. The van der Waals surface area contributed by atoms with Crippen LogP contribution in [0.3, 0.4) is 0 Å². The fourth-order valence-corrected chi connectivity index (χ4v) is 2.34. The van der Waals surface area contributed by atoms with Gasteiger partial charge in [-0.3, -0.25) is 0 Å². The van der Waals surface area contributed by atoms with Crippen LogP contribution in [0.4, 0.5) is 0 Å². The third kappa shape index (κ3) is 2.23. The van der Waals surface area contributed by atoms with Gasteiger partial charge in [0.25, 0.3) is 0 Å². The first-order valence-corrected chi connectivity index (χ1v) is 6.26. The van der Waals surface area contributed by atoms with E-state index in [9.17, 15) is 0 Å². The van der Waals surface area contributed by atoms with Gasteiger partial charge in [0, 0.05) is 6.42 Å². The lowest BCUT2D eigenvalue weighted by molar-refractivity contribution is -0.169. The normalized spacial score (nSPS) is 18.0. The molecule has 0 aromatic heterocycles. The molecule has 2 N–H and O–H groups in total. The second kappa shape index (κ2) is 5.26. The van der Waals surface area contributed by atoms with E-state index in [4.69, 9.17) is 19.9 Å². The number of hydrogen-bond acceptors (Lipinski definition) is 4. The van der Waals surface area contributed by atoms with Crippen molar-refractivity contribution in [2.45, 2.75) is 26.1 Å². The summed E-state index contributed by atoms with van der Waals surface area (Å²) in [6, 6.07) is 4.10. The summed E-state index contributed by atoms with van der Waals surface area (Å²) >= 11 is 0. The summed E-state index contributed by atoms with van der Waals surface area (Å²) in [6.07, 6.45) is 0.631. The van der Waals surface area contributed by atoms with Crippen LogP contribution in [0.1, 0.15) is 23.1 Å². The fourth-order valence-electron chi connectivity index (χ4n) is 2.34. The van der Waals surface area contributed by atoms with Crippen molar-refractivity contribution in [2.75, 3.05) is 26.9 Å². The average molecular weight is 251 g/mol. The van der Waals surface area contributed by atoms with Gasteiger partial charge in [0.1, 0.15) is 5.75 Å². The monoisotopic (exact) mass is 251 g/mol. The molecule has 0 atom stereocenters. The van der Waals surface area contributed by atoms with Gasteiger partial charge in [-0.05, 0) is 43.7 Å². The molecular formula is C14H21NO3. The molecule has 0 spiro atoms. The van der Waals surface area contributed by atoms with Crippen LogP contribution in [0.25, 0.3) is 0 Å². The van der Waals surface area contributed by atoms with E-state index in [1.165, 1.54) is 11.1 Å². The Bertz CT molecular complexity index is 425. The Hall–Kier alpha value is -1.10. The van der Waals surface area contributed by atoms with E-state index in [1.54, 1.807) is 7.11 Å². The molecule has 4 nitrogen and oxygen atoms in total. The molecule has 4 heteroatoms. The van der Waals surface area contributed by atoms with Crippen LogP contribution in [0, 0.1) is 13.8 Å². The Morgan fingerprint density at radius 3 is 2.39 bits per heavy atom. The molecule has 0 bridgehead atoms. The van der Waals surface area contributed by atoms with Gasteiger partial charge in [0.05, 0.1) is 25.9 Å². The zero-order valence-electron chi connectivity index (χ0n) is 11.3. The Morgan fingerprint density at radius 1 is 1.22 bits per heavy atom. The smallest absolute Gasteiger partial charge is 0.199 e. The standard InChI is InChI=1S/C14H21NO3/c1-10-8-12(13(16-3)9-11(10)2)14(4-5-15)17-6-7-18-14/h8-9H,4-7,15H2,1-3H3. The first-order chi connectivity index (χ1) is 8.63. The van der Waals surface area contributed by atoms with Crippen molar-refractivity contribution in [3.05, 3.63) is 28.8 Å². The quantitative estimate of drug-likeness (QED) is 0.887. The van der Waals surface area contributed by atoms with Crippen molar-refractivity contribution in [3.63, 3.8) is 0 Å². The van der Waals surface area contributed by atoms with Gasteiger partial charge in [-0.15, -0.1) is 0 Å². The molecule has 1 saturated heterocycles. The second-order valence-corrected chi connectivity index (χ2v) is 4.63. The van der Waals surface area contributed by atoms with Crippen LogP contribution < -0.4 is 10.5 Å². The Morgan fingerprint density at radius 2 is 1.83 bits per heavy atom. The Kier molecular flexibility index (Phi) is 3.90. The number of hydrogen-bond donors (Lipinski definition) is 1. The zero-order chi connectivity index (χ0) is 13.2. The van der Waals surface area contributed by atoms with Gasteiger partial charge >= 0.3 is 0 Å². The van der Waals surface area contributed by atoms with Crippen molar-refractivity contribution in [1.29, 1.82) is 0 Å². The lowest BCUT2D eigenvalue weighted by atomic mass is 9.96. The van der Waals surface area contributed by atoms with Gasteiger partial charge in [-0.1, -0.05) is 0 Å². The molecule has 0 radical (unpaired) electrons. The van der Waals surface area contributed by atoms with E-state index in [2.05, 4.69) is 19.9 Å². The molecule has 1 aliphatic heterocycles. The van der Waals surface area contributed by atoms with Crippen molar-refractivity contribution in [1.82, 2.24) is 0 Å². The van der Waals surface area contributed by atoms with Gasteiger partial charge in [0.15, 0.2) is 5.79 Å². The number of methoxy groups -OCH3 is 1. The lowest BCUT2D eigenvalue weighted by Gasteiger charge is -2.29. The lowest BCUT2D eigenvalue weighted by Crippen LogP contribution is -2.31. The minimum atomic E-state index is -0.738. The first kappa shape index (κ1) is 13.3. The van der Waals surface area contributed by atoms with Crippen LogP contribution in [0.15, 0.2) is 12.1 Å². The number of ether oxygens (including phenoxy) is 3. The van der Waals surface area contributed by atoms with Gasteiger partial charge in [-0.2, -0.15) is 0 Å². The highest BCUT2D eigenvalue weighted by Gasteiger charge is 2.40. The summed E-state index contributed by atoms with van der Waals surface area (Å²) in [5, 5.41) is 0.